The van der Waals surface area contributed by atoms with Crippen LogP contribution < -0.4 is 5.73 Å². The van der Waals surface area contributed by atoms with Crippen molar-refractivity contribution in [2.75, 3.05) is 0 Å². The minimum absolute atomic E-state index is 0.226. The van der Waals surface area contributed by atoms with Crippen LogP contribution in [0.3, 0.4) is 0 Å². The van der Waals surface area contributed by atoms with Gasteiger partial charge < -0.3 is 10.8 Å². The number of carboxylic acid groups (broad SMARTS) is 1. The van der Waals surface area contributed by atoms with Gasteiger partial charge in [-0.15, -0.1) is 0 Å². The number of hydrogen-bond donors (Lipinski definition) is 2. The van der Waals surface area contributed by atoms with E-state index in [1.807, 2.05) is 0 Å². The Bertz CT molecular complexity index is 399. The fraction of sp³-hybridized carbons (Fsp3) is 0.300. The van der Waals surface area contributed by atoms with Crippen molar-refractivity contribution >= 4 is 21.9 Å². The number of rotatable bonds is 2. The fourth-order valence-electron chi connectivity index (χ4n) is 1.46. The zero-order chi connectivity index (χ0) is 10.3. The third kappa shape index (κ3) is 1.55. The molecule has 0 bridgehead atoms. The van der Waals surface area contributed by atoms with Crippen LogP contribution in [0.4, 0.5) is 0 Å². The molecule has 0 aliphatic heterocycles. The molecule has 0 spiro atoms. The molecule has 0 atom stereocenters. The first-order chi connectivity index (χ1) is 6.53. The maximum Gasteiger partial charge on any atom is 0.335 e. The van der Waals surface area contributed by atoms with Crippen LogP contribution in [-0.4, -0.2) is 11.1 Å². The van der Waals surface area contributed by atoms with E-state index in [4.69, 9.17) is 10.8 Å². The molecule has 4 heteroatoms. The maximum atomic E-state index is 10.7. The minimum atomic E-state index is -0.917. The Kier molecular flexibility index (Phi) is 2.12. The first-order valence-electron chi connectivity index (χ1n) is 4.35. The van der Waals surface area contributed by atoms with E-state index in [-0.39, 0.29) is 11.1 Å². The summed E-state index contributed by atoms with van der Waals surface area (Å²) in [5.41, 5.74) is 7.08. The number of carboxylic acids is 1. The Hall–Kier alpha value is -0.870. The predicted molar refractivity (Wildman–Crippen MR) is 56.2 cm³/mol. The van der Waals surface area contributed by atoms with Crippen LogP contribution >= 0.6 is 15.9 Å². The summed E-state index contributed by atoms with van der Waals surface area (Å²) < 4.78 is 0.789. The van der Waals surface area contributed by atoms with Crippen molar-refractivity contribution in [1.82, 2.24) is 0 Å². The lowest BCUT2D eigenvalue weighted by atomic mass is 10.0. The average molecular weight is 256 g/mol. The molecule has 0 heterocycles. The highest BCUT2D eigenvalue weighted by atomic mass is 79.9. The SMILES string of the molecule is NC1(c2ccc(C(=O)O)cc2Br)CC1. The summed E-state index contributed by atoms with van der Waals surface area (Å²) in [6, 6.07) is 4.99. The summed E-state index contributed by atoms with van der Waals surface area (Å²) in [6.07, 6.45) is 1.94. The number of benzene rings is 1. The smallest absolute Gasteiger partial charge is 0.335 e. The Labute approximate surface area is 90.0 Å². The van der Waals surface area contributed by atoms with Gasteiger partial charge in [0.25, 0.3) is 0 Å². The third-order valence-corrected chi connectivity index (χ3v) is 3.20. The molecule has 1 aliphatic carbocycles. The van der Waals surface area contributed by atoms with E-state index in [0.717, 1.165) is 22.9 Å². The Morgan fingerprint density at radius 2 is 2.14 bits per heavy atom. The van der Waals surface area contributed by atoms with Crippen LogP contribution in [-0.2, 0) is 5.54 Å². The Morgan fingerprint density at radius 1 is 1.50 bits per heavy atom. The van der Waals surface area contributed by atoms with Gasteiger partial charge in [-0.2, -0.15) is 0 Å². The second-order valence-corrected chi connectivity index (χ2v) is 4.51. The molecule has 3 N–H and O–H groups in total. The van der Waals surface area contributed by atoms with Gasteiger partial charge in [0.1, 0.15) is 0 Å². The summed E-state index contributed by atoms with van der Waals surface area (Å²) in [5.74, 6) is -0.917. The lowest BCUT2D eigenvalue weighted by molar-refractivity contribution is 0.0697. The highest BCUT2D eigenvalue weighted by Gasteiger charge is 2.41. The quantitative estimate of drug-likeness (QED) is 0.851. The molecule has 1 saturated carbocycles. The molecule has 74 valence electrons. The average Bonchev–Trinajstić information content (AvgIpc) is 2.84. The van der Waals surface area contributed by atoms with E-state index in [2.05, 4.69) is 15.9 Å². The molecule has 0 saturated heterocycles. The number of hydrogen-bond acceptors (Lipinski definition) is 2. The molecule has 14 heavy (non-hydrogen) atoms. The number of carbonyl (C=O) groups is 1. The Balaban J connectivity index is 2.41. The molecular formula is C10H10BrNO2. The van der Waals surface area contributed by atoms with Crippen molar-refractivity contribution in [1.29, 1.82) is 0 Å². The number of aromatic carboxylic acids is 1. The first-order valence-corrected chi connectivity index (χ1v) is 5.14. The number of halogens is 1. The van der Waals surface area contributed by atoms with Gasteiger partial charge in [-0.25, -0.2) is 4.79 Å². The first kappa shape index (κ1) is 9.68. The van der Waals surface area contributed by atoms with Gasteiger partial charge in [-0.1, -0.05) is 22.0 Å². The van der Waals surface area contributed by atoms with Gasteiger partial charge in [-0.05, 0) is 30.5 Å². The zero-order valence-electron chi connectivity index (χ0n) is 7.46. The van der Waals surface area contributed by atoms with Gasteiger partial charge in [0.2, 0.25) is 0 Å². The van der Waals surface area contributed by atoms with Crippen LogP contribution in [0.2, 0.25) is 0 Å². The molecule has 0 radical (unpaired) electrons. The molecule has 1 fully saturated rings. The van der Waals surface area contributed by atoms with Crippen molar-refractivity contribution in [2.24, 2.45) is 5.73 Å². The van der Waals surface area contributed by atoms with Crippen LogP contribution in [0.5, 0.6) is 0 Å². The molecule has 1 aliphatic rings. The summed E-state index contributed by atoms with van der Waals surface area (Å²) in [5, 5.41) is 8.77. The molecule has 3 nitrogen and oxygen atoms in total. The van der Waals surface area contributed by atoms with E-state index < -0.39 is 5.97 Å². The van der Waals surface area contributed by atoms with Crippen molar-refractivity contribution in [2.45, 2.75) is 18.4 Å². The van der Waals surface area contributed by atoms with Gasteiger partial charge in [0.05, 0.1) is 5.56 Å². The van der Waals surface area contributed by atoms with Gasteiger partial charge in [0, 0.05) is 10.0 Å². The van der Waals surface area contributed by atoms with E-state index in [1.54, 1.807) is 18.2 Å². The largest absolute Gasteiger partial charge is 0.478 e. The summed E-state index contributed by atoms with van der Waals surface area (Å²) in [7, 11) is 0. The van der Waals surface area contributed by atoms with Crippen molar-refractivity contribution in [3.05, 3.63) is 33.8 Å². The van der Waals surface area contributed by atoms with E-state index in [0.29, 0.717) is 0 Å². The van der Waals surface area contributed by atoms with Gasteiger partial charge in [0.15, 0.2) is 0 Å². The summed E-state index contributed by atoms with van der Waals surface area (Å²) >= 11 is 3.35. The normalized spacial score (nSPS) is 17.9. The molecule has 1 aromatic rings. The molecule has 0 unspecified atom stereocenters. The van der Waals surface area contributed by atoms with Crippen molar-refractivity contribution in [3.63, 3.8) is 0 Å². The van der Waals surface area contributed by atoms with E-state index in [1.165, 1.54) is 0 Å². The lowest BCUT2D eigenvalue weighted by Crippen LogP contribution is -2.19. The molecule has 0 amide bonds. The van der Waals surface area contributed by atoms with Crippen molar-refractivity contribution in [3.8, 4) is 0 Å². The van der Waals surface area contributed by atoms with E-state index >= 15 is 0 Å². The second kappa shape index (κ2) is 3.07. The highest BCUT2D eigenvalue weighted by Crippen LogP contribution is 2.45. The predicted octanol–water partition coefficient (Wildman–Crippen LogP) is 2.10. The lowest BCUT2D eigenvalue weighted by Gasteiger charge is -2.11. The summed E-state index contributed by atoms with van der Waals surface area (Å²) in [4.78, 5) is 10.7. The fourth-order valence-corrected chi connectivity index (χ4v) is 2.23. The summed E-state index contributed by atoms with van der Waals surface area (Å²) in [6.45, 7) is 0. The third-order valence-electron chi connectivity index (χ3n) is 2.54. The standard InChI is InChI=1S/C10H10BrNO2/c11-8-5-6(9(13)14)1-2-7(8)10(12)3-4-10/h1-2,5H,3-4,12H2,(H,13,14). The monoisotopic (exact) mass is 255 g/mol. The molecule has 0 aromatic heterocycles. The molecular weight excluding hydrogens is 246 g/mol. The zero-order valence-corrected chi connectivity index (χ0v) is 9.04. The Morgan fingerprint density at radius 3 is 2.57 bits per heavy atom. The van der Waals surface area contributed by atoms with Crippen LogP contribution in [0.15, 0.2) is 22.7 Å². The number of nitrogens with two attached hydrogens (primary N) is 1. The highest BCUT2D eigenvalue weighted by molar-refractivity contribution is 9.10. The minimum Gasteiger partial charge on any atom is -0.478 e. The van der Waals surface area contributed by atoms with E-state index in [9.17, 15) is 4.79 Å². The van der Waals surface area contributed by atoms with Crippen LogP contribution in [0, 0.1) is 0 Å². The molecule has 2 rings (SSSR count). The van der Waals surface area contributed by atoms with Gasteiger partial charge >= 0.3 is 5.97 Å². The second-order valence-electron chi connectivity index (χ2n) is 3.66. The topological polar surface area (TPSA) is 63.3 Å². The van der Waals surface area contributed by atoms with Crippen molar-refractivity contribution < 1.29 is 9.90 Å². The van der Waals surface area contributed by atoms with Gasteiger partial charge in [-0.3, -0.25) is 0 Å². The van der Waals surface area contributed by atoms with Crippen LogP contribution in [0.25, 0.3) is 0 Å². The maximum absolute atomic E-state index is 10.7. The molecule has 1 aromatic carbocycles. The van der Waals surface area contributed by atoms with Crippen LogP contribution in [0.1, 0.15) is 28.8 Å².